The number of para-hydroxylation sites is 1. The summed E-state index contributed by atoms with van der Waals surface area (Å²) in [5.74, 6) is 1.90. The molecular weight excluding hydrogens is 332 g/mol. The Hall–Kier alpha value is -2.91. The Morgan fingerprint density at radius 2 is 1.52 bits per heavy atom. The van der Waals surface area contributed by atoms with Gasteiger partial charge in [0.25, 0.3) is 0 Å². The maximum absolute atomic E-state index is 6.06. The Morgan fingerprint density at radius 3 is 2.28 bits per heavy atom. The highest BCUT2D eigenvalue weighted by Crippen LogP contribution is 2.30. The van der Waals surface area contributed by atoms with E-state index in [2.05, 4.69) is 9.97 Å². The second-order valence-electron chi connectivity index (χ2n) is 5.79. The van der Waals surface area contributed by atoms with E-state index in [0.717, 1.165) is 22.2 Å². The smallest absolute Gasteiger partial charge is 0.230 e. The molecule has 0 fully saturated rings. The van der Waals surface area contributed by atoms with Crippen LogP contribution in [-0.2, 0) is 0 Å². The first-order chi connectivity index (χ1) is 12.2. The fourth-order valence-corrected chi connectivity index (χ4v) is 2.70. The second kappa shape index (κ2) is 6.54. The molecule has 0 spiro atoms. The SMILES string of the molecule is Cc1ccc(Oc2nc(-c3ccc(Cl)cc3)nc3ccccc23)cc1. The molecule has 0 bridgehead atoms. The van der Waals surface area contributed by atoms with Crippen molar-refractivity contribution in [3.8, 4) is 23.0 Å². The van der Waals surface area contributed by atoms with E-state index < -0.39 is 0 Å². The molecule has 1 aromatic heterocycles. The predicted octanol–water partition coefficient (Wildman–Crippen LogP) is 6.05. The summed E-state index contributed by atoms with van der Waals surface area (Å²) < 4.78 is 6.06. The van der Waals surface area contributed by atoms with Gasteiger partial charge in [-0.1, -0.05) is 41.4 Å². The van der Waals surface area contributed by atoms with Gasteiger partial charge in [0, 0.05) is 10.6 Å². The zero-order valence-electron chi connectivity index (χ0n) is 13.6. The van der Waals surface area contributed by atoms with Crippen LogP contribution in [0.3, 0.4) is 0 Å². The molecule has 3 aromatic carbocycles. The van der Waals surface area contributed by atoms with Crippen molar-refractivity contribution in [2.45, 2.75) is 6.92 Å². The molecule has 0 atom stereocenters. The van der Waals surface area contributed by atoms with Gasteiger partial charge in [-0.05, 0) is 55.5 Å². The zero-order valence-corrected chi connectivity index (χ0v) is 14.4. The van der Waals surface area contributed by atoms with E-state index in [-0.39, 0.29) is 0 Å². The van der Waals surface area contributed by atoms with Gasteiger partial charge in [-0.3, -0.25) is 0 Å². The van der Waals surface area contributed by atoms with Gasteiger partial charge in [-0.25, -0.2) is 4.98 Å². The van der Waals surface area contributed by atoms with Crippen LogP contribution >= 0.6 is 11.6 Å². The standard InChI is InChI=1S/C21H15ClN2O/c1-14-6-12-17(13-7-14)25-21-18-4-2-3-5-19(18)23-20(24-21)15-8-10-16(22)11-9-15/h2-13H,1H3. The summed E-state index contributed by atoms with van der Waals surface area (Å²) in [7, 11) is 0. The van der Waals surface area contributed by atoms with Crippen molar-refractivity contribution >= 4 is 22.5 Å². The fourth-order valence-electron chi connectivity index (χ4n) is 2.57. The summed E-state index contributed by atoms with van der Waals surface area (Å²) in [6.45, 7) is 2.04. The summed E-state index contributed by atoms with van der Waals surface area (Å²) in [5, 5.41) is 1.56. The Morgan fingerprint density at radius 1 is 0.800 bits per heavy atom. The van der Waals surface area contributed by atoms with E-state index in [0.29, 0.717) is 16.7 Å². The van der Waals surface area contributed by atoms with Gasteiger partial charge in [-0.15, -0.1) is 0 Å². The van der Waals surface area contributed by atoms with Crippen molar-refractivity contribution in [1.29, 1.82) is 0 Å². The number of rotatable bonds is 3. The molecule has 0 radical (unpaired) electrons. The van der Waals surface area contributed by atoms with E-state index in [9.17, 15) is 0 Å². The van der Waals surface area contributed by atoms with Crippen LogP contribution in [0.25, 0.3) is 22.3 Å². The van der Waals surface area contributed by atoms with Gasteiger partial charge >= 0.3 is 0 Å². The van der Waals surface area contributed by atoms with E-state index in [1.54, 1.807) is 0 Å². The summed E-state index contributed by atoms with van der Waals surface area (Å²) in [5.41, 5.74) is 2.91. The number of nitrogens with zero attached hydrogens (tertiary/aromatic N) is 2. The number of benzene rings is 3. The minimum Gasteiger partial charge on any atom is -0.438 e. The number of ether oxygens (including phenoxy) is 1. The molecule has 0 saturated heterocycles. The lowest BCUT2D eigenvalue weighted by Crippen LogP contribution is -1.96. The molecule has 4 rings (SSSR count). The minimum atomic E-state index is 0.541. The zero-order chi connectivity index (χ0) is 17.2. The molecule has 0 aliphatic heterocycles. The van der Waals surface area contributed by atoms with Crippen LogP contribution in [0.2, 0.25) is 5.02 Å². The lowest BCUT2D eigenvalue weighted by molar-refractivity contribution is 0.469. The molecule has 3 nitrogen and oxygen atoms in total. The van der Waals surface area contributed by atoms with Gasteiger partial charge in [-0.2, -0.15) is 4.98 Å². The largest absolute Gasteiger partial charge is 0.438 e. The summed E-state index contributed by atoms with van der Waals surface area (Å²) in [6.07, 6.45) is 0. The van der Waals surface area contributed by atoms with Gasteiger partial charge in [0.1, 0.15) is 5.75 Å². The third-order valence-corrected chi connectivity index (χ3v) is 4.16. The first kappa shape index (κ1) is 15.6. The van der Waals surface area contributed by atoms with Crippen LogP contribution in [0.1, 0.15) is 5.56 Å². The van der Waals surface area contributed by atoms with Crippen LogP contribution < -0.4 is 4.74 Å². The number of aryl methyl sites for hydroxylation is 1. The Balaban J connectivity index is 1.83. The van der Waals surface area contributed by atoms with Crippen molar-refractivity contribution in [1.82, 2.24) is 9.97 Å². The average Bonchev–Trinajstić information content (AvgIpc) is 2.64. The van der Waals surface area contributed by atoms with E-state index in [4.69, 9.17) is 16.3 Å². The van der Waals surface area contributed by atoms with Crippen molar-refractivity contribution in [3.63, 3.8) is 0 Å². The molecule has 0 aliphatic carbocycles. The quantitative estimate of drug-likeness (QED) is 0.453. The normalized spacial score (nSPS) is 10.8. The Bertz CT molecular complexity index is 1030. The first-order valence-electron chi connectivity index (χ1n) is 7.96. The molecule has 0 saturated carbocycles. The molecule has 0 amide bonds. The fraction of sp³-hybridized carbons (Fsp3) is 0.0476. The van der Waals surface area contributed by atoms with Crippen LogP contribution in [0.4, 0.5) is 0 Å². The van der Waals surface area contributed by atoms with Gasteiger partial charge in [0.2, 0.25) is 5.88 Å². The molecule has 4 heteroatoms. The van der Waals surface area contributed by atoms with E-state index in [1.165, 1.54) is 5.56 Å². The van der Waals surface area contributed by atoms with Crippen LogP contribution in [0.5, 0.6) is 11.6 Å². The molecule has 0 N–H and O–H groups in total. The second-order valence-corrected chi connectivity index (χ2v) is 6.23. The van der Waals surface area contributed by atoms with Gasteiger partial charge in [0.05, 0.1) is 10.9 Å². The molecule has 25 heavy (non-hydrogen) atoms. The lowest BCUT2D eigenvalue weighted by Gasteiger charge is -2.10. The maximum atomic E-state index is 6.06. The van der Waals surface area contributed by atoms with Gasteiger partial charge < -0.3 is 4.74 Å². The lowest BCUT2D eigenvalue weighted by atomic mass is 10.2. The summed E-state index contributed by atoms with van der Waals surface area (Å²) in [6, 6.07) is 23.2. The Labute approximate surface area is 150 Å². The third-order valence-electron chi connectivity index (χ3n) is 3.91. The van der Waals surface area contributed by atoms with Gasteiger partial charge in [0.15, 0.2) is 5.82 Å². The number of fused-ring (bicyclic) bond motifs is 1. The Kier molecular flexibility index (Phi) is 4.08. The topological polar surface area (TPSA) is 35.0 Å². The molecule has 122 valence electrons. The monoisotopic (exact) mass is 346 g/mol. The molecule has 4 aromatic rings. The summed E-state index contributed by atoms with van der Waals surface area (Å²) in [4.78, 5) is 9.30. The van der Waals surface area contributed by atoms with Crippen molar-refractivity contribution in [3.05, 3.63) is 83.4 Å². The third kappa shape index (κ3) is 3.32. The van der Waals surface area contributed by atoms with E-state index in [1.807, 2.05) is 79.7 Å². The number of halogens is 1. The van der Waals surface area contributed by atoms with Crippen LogP contribution in [0.15, 0.2) is 72.8 Å². The highest BCUT2D eigenvalue weighted by Gasteiger charge is 2.11. The maximum Gasteiger partial charge on any atom is 0.230 e. The van der Waals surface area contributed by atoms with E-state index >= 15 is 0 Å². The first-order valence-corrected chi connectivity index (χ1v) is 8.34. The highest BCUT2D eigenvalue weighted by atomic mass is 35.5. The predicted molar refractivity (Wildman–Crippen MR) is 101 cm³/mol. The minimum absolute atomic E-state index is 0.541. The summed E-state index contributed by atoms with van der Waals surface area (Å²) >= 11 is 5.98. The van der Waals surface area contributed by atoms with Crippen molar-refractivity contribution in [2.75, 3.05) is 0 Å². The number of hydrogen-bond donors (Lipinski definition) is 0. The number of hydrogen-bond acceptors (Lipinski definition) is 3. The van der Waals surface area contributed by atoms with Crippen molar-refractivity contribution < 1.29 is 4.74 Å². The number of aromatic nitrogens is 2. The molecule has 1 heterocycles. The molecule has 0 unspecified atom stereocenters. The van der Waals surface area contributed by atoms with Crippen LogP contribution in [-0.4, -0.2) is 9.97 Å². The average molecular weight is 347 g/mol. The van der Waals surface area contributed by atoms with Crippen molar-refractivity contribution in [2.24, 2.45) is 0 Å². The molecule has 0 aliphatic rings. The highest BCUT2D eigenvalue weighted by molar-refractivity contribution is 6.30. The van der Waals surface area contributed by atoms with Crippen LogP contribution in [0, 0.1) is 6.92 Å². The molecular formula is C21H15ClN2O.